The van der Waals surface area contributed by atoms with Crippen molar-refractivity contribution in [2.45, 2.75) is 37.8 Å². The molecule has 1 saturated carbocycles. The third-order valence-electron chi connectivity index (χ3n) is 3.00. The first-order chi connectivity index (χ1) is 6.36. The maximum absolute atomic E-state index is 9.65. The first-order valence-corrected chi connectivity index (χ1v) is 6.51. The third kappa shape index (κ3) is 3.15. The van der Waals surface area contributed by atoms with Crippen LogP contribution in [0, 0.1) is 5.92 Å². The normalized spacial score (nSPS) is 27.5. The number of aliphatic hydroxyl groups is 1. The molecule has 1 atom stereocenters. The van der Waals surface area contributed by atoms with E-state index in [9.17, 15) is 5.11 Å². The van der Waals surface area contributed by atoms with E-state index in [1.165, 1.54) is 37.2 Å². The second-order valence-electron chi connectivity index (χ2n) is 4.20. The largest absolute Gasteiger partial charge is 0.392 e. The highest BCUT2D eigenvalue weighted by Crippen LogP contribution is 2.32. The van der Waals surface area contributed by atoms with Crippen molar-refractivity contribution in [1.82, 2.24) is 5.32 Å². The minimum absolute atomic E-state index is 0.0745. The number of hydrogen-bond acceptors (Lipinski definition) is 3. The van der Waals surface area contributed by atoms with E-state index in [0.717, 1.165) is 6.54 Å². The van der Waals surface area contributed by atoms with Crippen LogP contribution in [0.4, 0.5) is 0 Å². The van der Waals surface area contributed by atoms with E-state index in [0.29, 0.717) is 12.0 Å². The average molecular weight is 201 g/mol. The summed E-state index contributed by atoms with van der Waals surface area (Å²) in [5.74, 6) is 3.19. The molecule has 1 aliphatic carbocycles. The lowest BCUT2D eigenvalue weighted by Crippen LogP contribution is -2.38. The lowest BCUT2D eigenvalue weighted by atomic mass is 10.1. The average Bonchev–Trinajstić information content (AvgIpc) is 2.99. The number of aliphatic hydroxyl groups excluding tert-OH is 1. The van der Waals surface area contributed by atoms with E-state index in [1.54, 1.807) is 0 Å². The van der Waals surface area contributed by atoms with Crippen molar-refractivity contribution in [3.05, 3.63) is 0 Å². The molecule has 1 aliphatic heterocycles. The molecule has 76 valence electrons. The summed E-state index contributed by atoms with van der Waals surface area (Å²) >= 11 is 2.05. The molecule has 2 N–H and O–H groups in total. The molecule has 2 nitrogen and oxygen atoms in total. The predicted octanol–water partition coefficient (Wildman–Crippen LogP) is 1.24. The van der Waals surface area contributed by atoms with Gasteiger partial charge in [-0.15, -0.1) is 0 Å². The Morgan fingerprint density at radius 3 is 2.54 bits per heavy atom. The van der Waals surface area contributed by atoms with Gasteiger partial charge in [-0.1, -0.05) is 0 Å². The van der Waals surface area contributed by atoms with Crippen LogP contribution in [0.5, 0.6) is 0 Å². The molecule has 1 saturated heterocycles. The maximum Gasteiger partial charge on any atom is 0.0692 e. The standard InChI is InChI=1S/C10H19NOS/c12-10(8-1-2-8)7-11-9-3-5-13-6-4-9/h8-12H,1-7H2. The van der Waals surface area contributed by atoms with Crippen molar-refractivity contribution in [2.75, 3.05) is 18.1 Å². The summed E-state index contributed by atoms with van der Waals surface area (Å²) in [6.45, 7) is 0.819. The molecule has 0 aromatic rings. The van der Waals surface area contributed by atoms with Crippen molar-refractivity contribution in [3.8, 4) is 0 Å². The molecule has 2 aliphatic rings. The van der Waals surface area contributed by atoms with E-state index in [-0.39, 0.29) is 6.10 Å². The Balaban J connectivity index is 1.60. The molecule has 0 amide bonds. The molecule has 0 aromatic carbocycles. The van der Waals surface area contributed by atoms with Gasteiger partial charge in [0.25, 0.3) is 0 Å². The molecule has 3 heteroatoms. The summed E-state index contributed by atoms with van der Waals surface area (Å²) in [6, 6.07) is 0.676. The molecular formula is C10H19NOS. The van der Waals surface area contributed by atoms with Crippen LogP contribution in [0.1, 0.15) is 25.7 Å². The Kier molecular flexibility index (Phi) is 3.52. The second kappa shape index (κ2) is 4.67. The first kappa shape index (κ1) is 9.81. The van der Waals surface area contributed by atoms with Gasteiger partial charge in [-0.25, -0.2) is 0 Å². The second-order valence-corrected chi connectivity index (χ2v) is 5.42. The summed E-state index contributed by atoms with van der Waals surface area (Å²) in [5.41, 5.74) is 0. The summed E-state index contributed by atoms with van der Waals surface area (Å²) in [6.07, 6.45) is 4.96. The van der Waals surface area contributed by atoms with Crippen molar-refractivity contribution < 1.29 is 5.11 Å². The number of nitrogens with one attached hydrogen (secondary N) is 1. The topological polar surface area (TPSA) is 32.3 Å². The summed E-state index contributed by atoms with van der Waals surface area (Å²) in [5, 5.41) is 13.1. The molecule has 0 aromatic heterocycles. The fraction of sp³-hybridized carbons (Fsp3) is 1.00. The van der Waals surface area contributed by atoms with Gasteiger partial charge in [0.15, 0.2) is 0 Å². The first-order valence-electron chi connectivity index (χ1n) is 5.35. The van der Waals surface area contributed by atoms with E-state index < -0.39 is 0 Å². The zero-order chi connectivity index (χ0) is 9.10. The molecule has 2 fully saturated rings. The number of thioether (sulfide) groups is 1. The quantitative estimate of drug-likeness (QED) is 0.718. The lowest BCUT2D eigenvalue weighted by molar-refractivity contribution is 0.144. The van der Waals surface area contributed by atoms with Gasteiger partial charge >= 0.3 is 0 Å². The fourth-order valence-electron chi connectivity index (χ4n) is 1.84. The van der Waals surface area contributed by atoms with Crippen LogP contribution >= 0.6 is 11.8 Å². The Morgan fingerprint density at radius 2 is 1.92 bits per heavy atom. The van der Waals surface area contributed by atoms with Crippen LogP contribution < -0.4 is 5.32 Å². The molecule has 1 unspecified atom stereocenters. The Labute approximate surface area is 84.5 Å². The molecule has 0 radical (unpaired) electrons. The van der Waals surface area contributed by atoms with Gasteiger partial charge in [0.1, 0.15) is 0 Å². The van der Waals surface area contributed by atoms with Crippen molar-refractivity contribution in [2.24, 2.45) is 5.92 Å². The fourth-order valence-corrected chi connectivity index (χ4v) is 2.94. The molecule has 13 heavy (non-hydrogen) atoms. The minimum Gasteiger partial charge on any atom is -0.392 e. The van der Waals surface area contributed by atoms with E-state index >= 15 is 0 Å². The molecule has 0 spiro atoms. The lowest BCUT2D eigenvalue weighted by Gasteiger charge is -2.23. The van der Waals surface area contributed by atoms with Crippen LogP contribution in [0.2, 0.25) is 0 Å². The maximum atomic E-state index is 9.65. The monoisotopic (exact) mass is 201 g/mol. The van der Waals surface area contributed by atoms with Crippen molar-refractivity contribution >= 4 is 11.8 Å². The van der Waals surface area contributed by atoms with Gasteiger partial charge in [0, 0.05) is 12.6 Å². The van der Waals surface area contributed by atoms with Crippen LogP contribution in [-0.2, 0) is 0 Å². The minimum atomic E-state index is -0.0745. The Hall–Kier alpha value is 0.270. The Morgan fingerprint density at radius 1 is 1.23 bits per heavy atom. The van der Waals surface area contributed by atoms with Crippen LogP contribution in [0.15, 0.2) is 0 Å². The number of hydrogen-bond donors (Lipinski definition) is 2. The van der Waals surface area contributed by atoms with Crippen LogP contribution in [0.3, 0.4) is 0 Å². The van der Waals surface area contributed by atoms with Gasteiger partial charge < -0.3 is 10.4 Å². The van der Waals surface area contributed by atoms with E-state index in [1.807, 2.05) is 11.8 Å². The van der Waals surface area contributed by atoms with Gasteiger partial charge in [0.05, 0.1) is 6.10 Å². The highest BCUT2D eigenvalue weighted by molar-refractivity contribution is 7.99. The molecular weight excluding hydrogens is 182 g/mol. The molecule has 0 bridgehead atoms. The summed E-state index contributed by atoms with van der Waals surface area (Å²) in [4.78, 5) is 0. The Bertz CT molecular complexity index is 155. The van der Waals surface area contributed by atoms with Crippen LogP contribution in [0.25, 0.3) is 0 Å². The summed E-state index contributed by atoms with van der Waals surface area (Å²) < 4.78 is 0. The van der Waals surface area contributed by atoms with E-state index in [2.05, 4.69) is 5.32 Å². The van der Waals surface area contributed by atoms with Gasteiger partial charge in [0.2, 0.25) is 0 Å². The van der Waals surface area contributed by atoms with Gasteiger partial charge in [-0.2, -0.15) is 11.8 Å². The van der Waals surface area contributed by atoms with E-state index in [4.69, 9.17) is 0 Å². The molecule has 2 rings (SSSR count). The van der Waals surface area contributed by atoms with Crippen molar-refractivity contribution in [3.63, 3.8) is 0 Å². The van der Waals surface area contributed by atoms with Gasteiger partial charge in [-0.3, -0.25) is 0 Å². The smallest absolute Gasteiger partial charge is 0.0692 e. The third-order valence-corrected chi connectivity index (χ3v) is 4.05. The highest BCUT2D eigenvalue weighted by atomic mass is 32.2. The predicted molar refractivity (Wildman–Crippen MR) is 57.1 cm³/mol. The molecule has 1 heterocycles. The van der Waals surface area contributed by atoms with Gasteiger partial charge in [-0.05, 0) is 43.1 Å². The zero-order valence-corrected chi connectivity index (χ0v) is 8.85. The SMILES string of the molecule is OC(CNC1CCSCC1)C1CC1. The van der Waals surface area contributed by atoms with Crippen molar-refractivity contribution in [1.29, 1.82) is 0 Å². The zero-order valence-electron chi connectivity index (χ0n) is 8.04. The highest BCUT2D eigenvalue weighted by Gasteiger charge is 2.29. The van der Waals surface area contributed by atoms with Crippen LogP contribution in [-0.4, -0.2) is 35.3 Å². The summed E-state index contributed by atoms with van der Waals surface area (Å²) in [7, 11) is 0. The number of rotatable bonds is 4.